The number of amides is 4. The van der Waals surface area contributed by atoms with Gasteiger partial charge in [0.15, 0.2) is 0 Å². The molecule has 218 valence electrons. The smallest absolute Gasteiger partial charge is 0.408 e. The molecule has 11 nitrogen and oxygen atoms in total. The first-order valence-corrected chi connectivity index (χ1v) is 13.2. The van der Waals surface area contributed by atoms with Crippen LogP contribution in [0.1, 0.15) is 73.3 Å². The third kappa shape index (κ3) is 13.6. The zero-order valence-electron chi connectivity index (χ0n) is 24.0. The van der Waals surface area contributed by atoms with E-state index in [4.69, 9.17) is 15.2 Å². The second kappa shape index (κ2) is 15.7. The van der Waals surface area contributed by atoms with Gasteiger partial charge in [0.2, 0.25) is 17.7 Å². The number of hydrogen-bond donors (Lipinski definition) is 4. The van der Waals surface area contributed by atoms with Crippen LogP contribution in [0.3, 0.4) is 0 Å². The van der Waals surface area contributed by atoms with Gasteiger partial charge in [-0.3, -0.25) is 19.2 Å². The minimum absolute atomic E-state index is 0.0725. The van der Waals surface area contributed by atoms with E-state index in [0.717, 1.165) is 5.56 Å². The van der Waals surface area contributed by atoms with Crippen LogP contribution in [0.4, 0.5) is 4.79 Å². The van der Waals surface area contributed by atoms with Crippen LogP contribution in [0, 0.1) is 11.8 Å². The number of alkyl carbamates (subject to hydrolysis) is 1. The van der Waals surface area contributed by atoms with E-state index in [-0.39, 0.29) is 31.3 Å². The van der Waals surface area contributed by atoms with Gasteiger partial charge in [-0.1, -0.05) is 58.0 Å². The molecule has 0 heterocycles. The Labute approximate surface area is 230 Å². The Morgan fingerprint density at radius 3 is 2.00 bits per heavy atom. The predicted octanol–water partition coefficient (Wildman–Crippen LogP) is 2.56. The Kier molecular flexibility index (Phi) is 13.4. The topological polar surface area (TPSA) is 166 Å². The zero-order chi connectivity index (χ0) is 29.8. The van der Waals surface area contributed by atoms with E-state index in [1.165, 1.54) is 0 Å². The molecule has 0 aromatic heterocycles. The molecular weight excluding hydrogens is 504 g/mol. The first kappa shape index (κ1) is 33.4. The number of nitrogens with one attached hydrogen (secondary N) is 3. The number of rotatable bonds is 14. The highest BCUT2D eigenvalue weighted by molar-refractivity contribution is 5.93. The Bertz CT molecular complexity index is 974. The van der Waals surface area contributed by atoms with Crippen molar-refractivity contribution in [3.05, 3.63) is 35.9 Å². The summed E-state index contributed by atoms with van der Waals surface area (Å²) in [6, 6.07) is 6.00. The molecule has 0 saturated heterocycles. The maximum Gasteiger partial charge on any atom is 0.408 e. The largest absolute Gasteiger partial charge is 0.461 e. The molecule has 4 amide bonds. The summed E-state index contributed by atoms with van der Waals surface area (Å²) in [5, 5.41) is 7.74. The second-order valence-electron chi connectivity index (χ2n) is 11.2. The molecular formula is C28H44N4O7. The molecule has 0 unspecified atom stereocenters. The van der Waals surface area contributed by atoms with Crippen molar-refractivity contribution in [1.82, 2.24) is 16.0 Å². The van der Waals surface area contributed by atoms with Crippen molar-refractivity contribution >= 4 is 29.8 Å². The minimum atomic E-state index is -1.19. The molecule has 0 aliphatic rings. The van der Waals surface area contributed by atoms with Crippen LogP contribution in [0.25, 0.3) is 0 Å². The molecule has 0 spiro atoms. The number of hydrogen-bond acceptors (Lipinski definition) is 7. The number of nitrogens with two attached hydrogens (primary N) is 1. The van der Waals surface area contributed by atoms with Gasteiger partial charge < -0.3 is 31.2 Å². The Morgan fingerprint density at radius 1 is 0.872 bits per heavy atom. The standard InChI is InChI=1S/C28H44N4O7/c1-17(2)15-21(24(29)34)30-26(36)23(18(3)4)32-25(35)20(31-27(37)39-28(5,6)7)13-14-22(33)38-16-19-11-9-8-10-12-19/h8-12,17-18,20-21,23H,13-16H2,1-7H3,(H2,29,34)(H,30,36)(H,31,37)(H,32,35)/t20-,21+,23-/m1/s1. The van der Waals surface area contributed by atoms with Gasteiger partial charge in [-0.15, -0.1) is 0 Å². The normalized spacial score (nSPS) is 13.7. The van der Waals surface area contributed by atoms with Crippen molar-refractivity contribution in [1.29, 1.82) is 0 Å². The summed E-state index contributed by atoms with van der Waals surface area (Å²) in [4.78, 5) is 62.9. The van der Waals surface area contributed by atoms with Gasteiger partial charge in [0.05, 0.1) is 0 Å². The molecule has 39 heavy (non-hydrogen) atoms. The van der Waals surface area contributed by atoms with Gasteiger partial charge in [0.1, 0.15) is 30.3 Å². The summed E-state index contributed by atoms with van der Waals surface area (Å²) >= 11 is 0. The first-order chi connectivity index (χ1) is 18.1. The number of benzene rings is 1. The lowest BCUT2D eigenvalue weighted by atomic mass is 9.99. The number of primary amides is 1. The van der Waals surface area contributed by atoms with Crippen LogP contribution in [-0.4, -0.2) is 53.5 Å². The molecule has 0 aliphatic carbocycles. The van der Waals surface area contributed by atoms with Crippen molar-refractivity contribution in [2.45, 2.75) is 98.1 Å². The van der Waals surface area contributed by atoms with E-state index in [2.05, 4.69) is 16.0 Å². The molecule has 1 aromatic carbocycles. The number of esters is 1. The van der Waals surface area contributed by atoms with Gasteiger partial charge in [-0.25, -0.2) is 4.79 Å². The lowest BCUT2D eigenvalue weighted by molar-refractivity contribution is -0.145. The van der Waals surface area contributed by atoms with Gasteiger partial charge in [0.25, 0.3) is 0 Å². The van der Waals surface area contributed by atoms with Crippen molar-refractivity contribution in [3.63, 3.8) is 0 Å². The molecule has 1 aromatic rings. The van der Waals surface area contributed by atoms with Crippen molar-refractivity contribution < 1.29 is 33.4 Å². The van der Waals surface area contributed by atoms with Gasteiger partial charge in [0, 0.05) is 6.42 Å². The van der Waals surface area contributed by atoms with E-state index in [1.54, 1.807) is 34.6 Å². The molecule has 1 rings (SSSR count). The summed E-state index contributed by atoms with van der Waals surface area (Å²) in [6.45, 7) is 12.3. The third-order valence-corrected chi connectivity index (χ3v) is 5.50. The summed E-state index contributed by atoms with van der Waals surface area (Å²) in [5.41, 5.74) is 5.44. The Hall–Kier alpha value is -3.63. The molecule has 5 N–H and O–H groups in total. The maximum atomic E-state index is 13.2. The molecule has 0 fully saturated rings. The first-order valence-electron chi connectivity index (χ1n) is 13.2. The van der Waals surface area contributed by atoms with Gasteiger partial charge in [-0.2, -0.15) is 0 Å². The predicted molar refractivity (Wildman–Crippen MR) is 146 cm³/mol. The lowest BCUT2D eigenvalue weighted by Crippen LogP contribution is -2.58. The molecule has 11 heteroatoms. The van der Waals surface area contributed by atoms with Gasteiger partial charge in [-0.05, 0) is 51.0 Å². The molecule has 0 radical (unpaired) electrons. The summed E-state index contributed by atoms with van der Waals surface area (Å²) in [7, 11) is 0. The monoisotopic (exact) mass is 548 g/mol. The molecule has 0 aliphatic heterocycles. The Balaban J connectivity index is 2.95. The lowest BCUT2D eigenvalue weighted by Gasteiger charge is -2.28. The fourth-order valence-corrected chi connectivity index (χ4v) is 3.56. The van der Waals surface area contributed by atoms with E-state index >= 15 is 0 Å². The van der Waals surface area contributed by atoms with Crippen molar-refractivity contribution in [2.75, 3.05) is 0 Å². The van der Waals surface area contributed by atoms with Crippen LogP contribution >= 0.6 is 0 Å². The Morgan fingerprint density at radius 2 is 1.49 bits per heavy atom. The number of ether oxygens (including phenoxy) is 2. The highest BCUT2D eigenvalue weighted by Gasteiger charge is 2.32. The van der Waals surface area contributed by atoms with E-state index in [1.807, 2.05) is 44.2 Å². The highest BCUT2D eigenvalue weighted by Crippen LogP contribution is 2.11. The fraction of sp³-hybridized carbons (Fsp3) is 0.607. The van der Waals surface area contributed by atoms with Crippen molar-refractivity contribution in [2.24, 2.45) is 17.6 Å². The van der Waals surface area contributed by atoms with E-state index in [9.17, 15) is 24.0 Å². The van der Waals surface area contributed by atoms with Crippen LogP contribution in [0.5, 0.6) is 0 Å². The van der Waals surface area contributed by atoms with Crippen LogP contribution < -0.4 is 21.7 Å². The highest BCUT2D eigenvalue weighted by atomic mass is 16.6. The minimum Gasteiger partial charge on any atom is -0.461 e. The second-order valence-corrected chi connectivity index (χ2v) is 11.2. The quantitative estimate of drug-likeness (QED) is 0.259. The van der Waals surface area contributed by atoms with Gasteiger partial charge >= 0.3 is 12.1 Å². The fourth-order valence-electron chi connectivity index (χ4n) is 3.56. The van der Waals surface area contributed by atoms with Crippen LogP contribution in [0.15, 0.2) is 30.3 Å². The molecule has 0 saturated carbocycles. The molecule has 0 bridgehead atoms. The summed E-state index contributed by atoms with van der Waals surface area (Å²) < 4.78 is 10.5. The summed E-state index contributed by atoms with van der Waals surface area (Å²) in [5.74, 6) is -2.77. The van der Waals surface area contributed by atoms with Crippen molar-refractivity contribution in [3.8, 4) is 0 Å². The zero-order valence-corrected chi connectivity index (χ0v) is 24.0. The van der Waals surface area contributed by atoms with E-state index < -0.39 is 53.5 Å². The average molecular weight is 549 g/mol. The maximum absolute atomic E-state index is 13.2. The number of carbonyl (C=O) groups is 5. The van der Waals surface area contributed by atoms with Crippen LogP contribution in [-0.2, 0) is 35.3 Å². The average Bonchev–Trinajstić information content (AvgIpc) is 2.82. The van der Waals surface area contributed by atoms with E-state index in [0.29, 0.717) is 6.42 Å². The molecule has 3 atom stereocenters. The third-order valence-electron chi connectivity index (χ3n) is 5.50. The SMILES string of the molecule is CC(C)C[C@H](NC(=O)[C@H](NC(=O)[C@@H](CCC(=O)OCc1ccccc1)NC(=O)OC(C)(C)C)C(C)C)C(N)=O. The summed E-state index contributed by atoms with van der Waals surface area (Å²) in [6.07, 6.45) is -0.773. The number of carbonyl (C=O) groups excluding carboxylic acids is 5. The van der Waals surface area contributed by atoms with Crippen LogP contribution in [0.2, 0.25) is 0 Å².